The Hall–Kier alpha value is -2.94. The number of aromatic nitrogens is 2. The highest BCUT2D eigenvalue weighted by Gasteiger charge is 2.33. The van der Waals surface area contributed by atoms with Crippen LogP contribution in [0.3, 0.4) is 0 Å². The van der Waals surface area contributed by atoms with Crippen molar-refractivity contribution in [3.8, 4) is 16.3 Å². The summed E-state index contributed by atoms with van der Waals surface area (Å²) in [7, 11) is -4.22. The Morgan fingerprint density at radius 1 is 1.32 bits per heavy atom. The van der Waals surface area contributed by atoms with Crippen molar-refractivity contribution in [2.45, 2.75) is 26.8 Å². The molecule has 31 heavy (non-hydrogen) atoms. The Morgan fingerprint density at radius 3 is 2.77 bits per heavy atom. The molecule has 0 amide bonds. The minimum Gasteiger partial charge on any atom is -0.505 e. The molecule has 1 aliphatic rings. The molecule has 0 bridgehead atoms. The highest BCUT2D eigenvalue weighted by Crippen LogP contribution is 2.47. The summed E-state index contributed by atoms with van der Waals surface area (Å²) in [5, 5.41) is 20.1. The van der Waals surface area contributed by atoms with E-state index in [9.17, 15) is 19.4 Å². The molecular formula is C20H22N5O4PS. The van der Waals surface area contributed by atoms with Crippen molar-refractivity contribution in [3.05, 3.63) is 51.6 Å². The van der Waals surface area contributed by atoms with Crippen LogP contribution in [0.4, 0.5) is 11.4 Å². The van der Waals surface area contributed by atoms with Crippen molar-refractivity contribution in [3.63, 3.8) is 0 Å². The number of aromatic hydroxyl groups is 1. The van der Waals surface area contributed by atoms with Crippen LogP contribution in [0.5, 0.6) is 5.75 Å². The molecular weight excluding hydrogens is 437 g/mol. The van der Waals surface area contributed by atoms with Gasteiger partial charge in [0, 0.05) is 12.2 Å². The monoisotopic (exact) mass is 459 g/mol. The summed E-state index contributed by atoms with van der Waals surface area (Å²) in [4.78, 5) is 24.4. The number of amidine groups is 1. The fourth-order valence-corrected chi connectivity index (χ4v) is 5.24. The number of nitrogens with two attached hydrogens (primary N) is 1. The first-order valence-electron chi connectivity index (χ1n) is 9.66. The lowest BCUT2D eigenvalue weighted by Gasteiger charge is -2.23. The lowest BCUT2D eigenvalue weighted by Crippen LogP contribution is -2.34. The van der Waals surface area contributed by atoms with E-state index in [4.69, 9.17) is 5.73 Å². The normalized spacial score (nSPS) is 17.9. The number of nitrogens with one attached hydrogen (secondary N) is 1. The predicted octanol–water partition coefficient (Wildman–Crippen LogP) is 2.99. The Balaban J connectivity index is 1.92. The van der Waals surface area contributed by atoms with Gasteiger partial charge in [0.25, 0.3) is 5.56 Å². The van der Waals surface area contributed by atoms with Gasteiger partial charge in [-0.3, -0.25) is 9.36 Å². The van der Waals surface area contributed by atoms with E-state index in [-0.39, 0.29) is 22.4 Å². The molecule has 0 saturated heterocycles. The molecule has 162 valence electrons. The minimum atomic E-state index is -4.22. The third-order valence-corrected chi connectivity index (χ3v) is 7.21. The van der Waals surface area contributed by atoms with Gasteiger partial charge in [0.1, 0.15) is 11.3 Å². The number of thiophene rings is 1. The number of aryl methyl sites for hydroxylation is 1. The van der Waals surface area contributed by atoms with Gasteiger partial charge >= 0.3 is 7.52 Å². The average molecular weight is 459 g/mol. The second-order valence-electron chi connectivity index (χ2n) is 7.65. The van der Waals surface area contributed by atoms with Gasteiger partial charge in [0.15, 0.2) is 11.6 Å². The van der Waals surface area contributed by atoms with Gasteiger partial charge in [0.2, 0.25) is 0 Å². The highest BCUT2D eigenvalue weighted by atomic mass is 32.1. The maximum absolute atomic E-state index is 13.2. The van der Waals surface area contributed by atoms with Crippen molar-refractivity contribution in [1.29, 1.82) is 0 Å². The first-order valence-corrected chi connectivity index (χ1v) is 12.1. The Bertz CT molecular complexity index is 1280. The molecule has 11 heteroatoms. The summed E-state index contributed by atoms with van der Waals surface area (Å²) in [6, 6.07) is 8.06. The maximum atomic E-state index is 13.2. The number of fused-ring (bicyclic) bond motifs is 1. The maximum Gasteiger partial charge on any atom is 0.346 e. The number of nitrogens with zero attached hydrogens (tertiary/aromatic N) is 3. The van der Waals surface area contributed by atoms with E-state index in [0.717, 1.165) is 0 Å². The summed E-state index contributed by atoms with van der Waals surface area (Å²) >= 11 is 1.36. The summed E-state index contributed by atoms with van der Waals surface area (Å²) in [6.45, 7) is 4.40. The molecule has 1 atom stereocenters. The van der Waals surface area contributed by atoms with Crippen LogP contribution >= 0.6 is 18.9 Å². The van der Waals surface area contributed by atoms with E-state index in [0.29, 0.717) is 35.1 Å². The molecule has 3 aromatic rings. The molecule has 0 saturated carbocycles. The van der Waals surface area contributed by atoms with E-state index in [1.165, 1.54) is 28.2 Å². The first-order chi connectivity index (χ1) is 14.7. The van der Waals surface area contributed by atoms with Gasteiger partial charge in [-0.1, -0.05) is 19.9 Å². The lowest BCUT2D eigenvalue weighted by molar-refractivity contribution is 0.444. The van der Waals surface area contributed by atoms with Crippen LogP contribution in [0, 0.1) is 5.92 Å². The molecule has 1 unspecified atom stereocenters. The molecule has 1 aliphatic heterocycles. The van der Waals surface area contributed by atoms with Crippen molar-refractivity contribution in [2.24, 2.45) is 10.7 Å². The largest absolute Gasteiger partial charge is 0.505 e. The molecule has 2 aromatic heterocycles. The van der Waals surface area contributed by atoms with Gasteiger partial charge in [-0.2, -0.15) is 9.86 Å². The number of nitrogen functional groups attached to an aromatic ring is 1. The smallest absolute Gasteiger partial charge is 0.346 e. The fourth-order valence-electron chi connectivity index (χ4n) is 3.24. The summed E-state index contributed by atoms with van der Waals surface area (Å²) in [5.74, 6) is -0.237. The second kappa shape index (κ2) is 7.96. The Labute approximate surface area is 182 Å². The molecule has 0 aliphatic carbocycles. The molecule has 1 aromatic carbocycles. The van der Waals surface area contributed by atoms with Gasteiger partial charge < -0.3 is 21.1 Å². The molecule has 9 nitrogen and oxygen atoms in total. The summed E-state index contributed by atoms with van der Waals surface area (Å²) in [6.07, 6.45) is 0.696. The zero-order chi connectivity index (χ0) is 22.3. The number of hydrogen-bond acceptors (Lipinski definition) is 7. The minimum absolute atomic E-state index is 0.0448. The molecule has 0 radical (unpaired) electrons. The average Bonchev–Trinajstić information content (AvgIpc) is 3.22. The lowest BCUT2D eigenvalue weighted by atomic mass is 10.1. The SMILES string of the molecule is CC(C)CCn1nc(-c2cccs2)c(O)c(C2=NP(=O)(O)c3cc(N)ccc3N2)c1=O. The summed E-state index contributed by atoms with van der Waals surface area (Å²) in [5.41, 5.74) is 5.78. The van der Waals surface area contributed by atoms with Crippen LogP contribution in [0.15, 0.2) is 45.3 Å². The van der Waals surface area contributed by atoms with Gasteiger partial charge in [0.05, 0.1) is 15.9 Å². The van der Waals surface area contributed by atoms with Crippen molar-refractivity contribution < 1.29 is 14.6 Å². The number of benzene rings is 1. The van der Waals surface area contributed by atoms with Crippen LogP contribution in [0.1, 0.15) is 25.8 Å². The quantitative estimate of drug-likeness (QED) is 0.339. The third-order valence-electron chi connectivity index (χ3n) is 4.86. The Kier molecular flexibility index (Phi) is 5.47. The van der Waals surface area contributed by atoms with Crippen molar-refractivity contribution >= 4 is 41.4 Å². The zero-order valence-corrected chi connectivity index (χ0v) is 18.7. The van der Waals surface area contributed by atoms with Crippen LogP contribution < -0.4 is 21.9 Å². The van der Waals surface area contributed by atoms with Crippen LogP contribution in [0.2, 0.25) is 0 Å². The van der Waals surface area contributed by atoms with Crippen molar-refractivity contribution in [1.82, 2.24) is 9.78 Å². The highest BCUT2D eigenvalue weighted by molar-refractivity contribution is 7.65. The fraction of sp³-hybridized carbons (Fsp3) is 0.250. The van der Waals surface area contributed by atoms with E-state index < -0.39 is 18.8 Å². The van der Waals surface area contributed by atoms with Crippen LogP contribution in [-0.2, 0) is 11.1 Å². The van der Waals surface area contributed by atoms with E-state index in [2.05, 4.69) is 15.2 Å². The predicted molar refractivity (Wildman–Crippen MR) is 123 cm³/mol. The molecule has 5 N–H and O–H groups in total. The molecule has 3 heterocycles. The topological polar surface area (TPSA) is 143 Å². The van der Waals surface area contributed by atoms with Crippen molar-refractivity contribution in [2.75, 3.05) is 11.1 Å². The third kappa shape index (κ3) is 4.01. The Morgan fingerprint density at radius 2 is 2.10 bits per heavy atom. The van der Waals surface area contributed by atoms with Gasteiger partial charge in [-0.15, -0.1) is 11.3 Å². The molecule has 0 spiro atoms. The number of rotatable bonds is 5. The van der Waals surface area contributed by atoms with E-state index in [1.54, 1.807) is 12.1 Å². The molecule has 4 rings (SSSR count). The summed E-state index contributed by atoms with van der Waals surface area (Å²) < 4.78 is 18.1. The number of hydrogen-bond donors (Lipinski definition) is 4. The zero-order valence-electron chi connectivity index (χ0n) is 16.9. The first kappa shape index (κ1) is 21.3. The second-order valence-corrected chi connectivity index (χ2v) is 10.4. The standard InChI is InChI=1S/C20H22N5O4PS/c1-11(2)7-8-25-20(27)16(18(26)17(23-25)15-4-3-9-31-15)19-22-13-6-5-12(21)10-14(13)30(28,29)24-19/h3-6,9-11,26H,7-8,21H2,1-2H3,(H2,22,24,28,29). The van der Waals surface area contributed by atoms with Crippen LogP contribution in [-0.4, -0.2) is 25.6 Å². The van der Waals surface area contributed by atoms with E-state index >= 15 is 0 Å². The van der Waals surface area contributed by atoms with Gasteiger partial charge in [-0.05, 0) is 42.0 Å². The van der Waals surface area contributed by atoms with E-state index in [1.807, 2.05) is 25.3 Å². The van der Waals surface area contributed by atoms with Crippen LogP contribution in [0.25, 0.3) is 10.6 Å². The molecule has 0 fully saturated rings. The number of anilines is 2. The van der Waals surface area contributed by atoms with Gasteiger partial charge in [-0.25, -0.2) is 4.68 Å².